The molecule has 1 aromatic rings. The highest BCUT2D eigenvalue weighted by Crippen LogP contribution is 2.30. The molecule has 1 aliphatic carbocycles. The van der Waals surface area contributed by atoms with Gasteiger partial charge in [-0.3, -0.25) is 0 Å². The maximum Gasteiger partial charge on any atom is 0.0948 e. The van der Waals surface area contributed by atoms with Gasteiger partial charge in [0, 0.05) is 43.6 Å². The Labute approximate surface area is 115 Å². The number of rotatable bonds is 7. The van der Waals surface area contributed by atoms with Crippen LogP contribution in [0.25, 0.3) is 0 Å². The molecule has 2 heterocycles. The van der Waals surface area contributed by atoms with Crippen molar-refractivity contribution in [2.24, 2.45) is 5.92 Å². The van der Waals surface area contributed by atoms with E-state index in [1.165, 1.54) is 25.0 Å². The number of nitrogens with one attached hydrogen (secondary N) is 1. The summed E-state index contributed by atoms with van der Waals surface area (Å²) in [5.74, 6) is 0.868. The Hall–Kier alpha value is -0.870. The fourth-order valence-electron chi connectivity index (χ4n) is 2.91. The van der Waals surface area contributed by atoms with Crippen molar-refractivity contribution in [3.8, 4) is 0 Å². The maximum absolute atomic E-state index is 5.70. The van der Waals surface area contributed by atoms with Gasteiger partial charge in [0.05, 0.1) is 6.33 Å². The summed E-state index contributed by atoms with van der Waals surface area (Å²) < 4.78 is 8.01. The third-order valence-electron chi connectivity index (χ3n) is 4.44. The first kappa shape index (κ1) is 13.1. The molecule has 4 heteroatoms. The first-order valence-corrected chi connectivity index (χ1v) is 7.57. The van der Waals surface area contributed by atoms with Gasteiger partial charge >= 0.3 is 0 Å². The maximum atomic E-state index is 5.70. The van der Waals surface area contributed by atoms with Crippen LogP contribution < -0.4 is 5.32 Å². The van der Waals surface area contributed by atoms with E-state index in [2.05, 4.69) is 21.8 Å². The third-order valence-corrected chi connectivity index (χ3v) is 4.44. The minimum absolute atomic E-state index is 0.255. The van der Waals surface area contributed by atoms with Crippen LogP contribution in [0.15, 0.2) is 12.5 Å². The lowest BCUT2D eigenvalue weighted by molar-refractivity contribution is 0.119. The molecular formula is C15H25N3O. The number of hydrogen-bond donors (Lipinski definition) is 1. The first-order chi connectivity index (χ1) is 9.28. The lowest BCUT2D eigenvalue weighted by Gasteiger charge is -2.24. The Morgan fingerprint density at radius 3 is 3.16 bits per heavy atom. The first-order valence-electron chi connectivity index (χ1n) is 7.57. The van der Waals surface area contributed by atoms with E-state index in [-0.39, 0.29) is 5.41 Å². The molecule has 1 saturated heterocycles. The number of hydrogen-bond acceptors (Lipinski definition) is 3. The molecule has 106 valence electrons. The second-order valence-electron chi connectivity index (χ2n) is 6.33. The molecular weight excluding hydrogens is 238 g/mol. The van der Waals surface area contributed by atoms with Crippen molar-refractivity contribution >= 4 is 0 Å². The Kier molecular flexibility index (Phi) is 3.89. The number of ether oxygens (including phenoxy) is 1. The van der Waals surface area contributed by atoms with Crippen molar-refractivity contribution in [2.75, 3.05) is 26.3 Å². The molecule has 0 spiro atoms. The molecule has 2 aliphatic rings. The van der Waals surface area contributed by atoms with Crippen LogP contribution in [-0.2, 0) is 16.7 Å². The number of aryl methyl sites for hydroxylation is 1. The molecule has 0 radical (unpaired) electrons. The van der Waals surface area contributed by atoms with E-state index in [9.17, 15) is 0 Å². The zero-order valence-corrected chi connectivity index (χ0v) is 11.9. The predicted octanol–water partition coefficient (Wildman–Crippen LogP) is 1.95. The van der Waals surface area contributed by atoms with Crippen molar-refractivity contribution < 1.29 is 4.74 Å². The Morgan fingerprint density at radius 2 is 2.42 bits per heavy atom. The summed E-state index contributed by atoms with van der Waals surface area (Å²) in [7, 11) is 0. The van der Waals surface area contributed by atoms with Crippen molar-refractivity contribution in [2.45, 2.75) is 44.6 Å². The molecule has 1 unspecified atom stereocenters. The summed E-state index contributed by atoms with van der Waals surface area (Å²) in [5, 5.41) is 3.46. The topological polar surface area (TPSA) is 39.1 Å². The van der Waals surface area contributed by atoms with E-state index in [1.54, 1.807) is 0 Å². The fraction of sp³-hybridized carbons (Fsp3) is 0.800. The van der Waals surface area contributed by atoms with Crippen LogP contribution in [0.1, 0.15) is 38.3 Å². The second-order valence-corrected chi connectivity index (χ2v) is 6.33. The van der Waals surface area contributed by atoms with Gasteiger partial charge in [0.15, 0.2) is 0 Å². The largest absolute Gasteiger partial charge is 0.381 e. The van der Waals surface area contributed by atoms with Crippen LogP contribution in [0, 0.1) is 5.92 Å². The molecule has 0 bridgehead atoms. The van der Waals surface area contributed by atoms with Gasteiger partial charge in [-0.25, -0.2) is 4.98 Å². The minimum Gasteiger partial charge on any atom is -0.381 e. The van der Waals surface area contributed by atoms with Crippen LogP contribution in [0.3, 0.4) is 0 Å². The second kappa shape index (κ2) is 5.63. The van der Waals surface area contributed by atoms with Gasteiger partial charge in [0.25, 0.3) is 0 Å². The molecule has 0 amide bonds. The van der Waals surface area contributed by atoms with E-state index in [1.807, 2.05) is 12.5 Å². The van der Waals surface area contributed by atoms with Crippen LogP contribution in [0.5, 0.6) is 0 Å². The van der Waals surface area contributed by atoms with Gasteiger partial charge in [-0.1, -0.05) is 6.92 Å². The molecule has 3 rings (SSSR count). The van der Waals surface area contributed by atoms with Gasteiger partial charge in [0.2, 0.25) is 0 Å². The third kappa shape index (κ3) is 3.18. The monoisotopic (exact) mass is 263 g/mol. The molecule has 1 aromatic heterocycles. The Balaban J connectivity index is 1.48. The zero-order valence-electron chi connectivity index (χ0n) is 11.9. The van der Waals surface area contributed by atoms with E-state index >= 15 is 0 Å². The fourth-order valence-corrected chi connectivity index (χ4v) is 2.91. The molecule has 19 heavy (non-hydrogen) atoms. The van der Waals surface area contributed by atoms with Crippen LogP contribution >= 0.6 is 0 Å². The summed E-state index contributed by atoms with van der Waals surface area (Å²) >= 11 is 0. The highest BCUT2D eigenvalue weighted by atomic mass is 16.5. The van der Waals surface area contributed by atoms with Gasteiger partial charge in [-0.2, -0.15) is 0 Å². The Morgan fingerprint density at radius 1 is 1.53 bits per heavy atom. The predicted molar refractivity (Wildman–Crippen MR) is 75.2 cm³/mol. The summed E-state index contributed by atoms with van der Waals surface area (Å²) in [6.07, 6.45) is 9.04. The van der Waals surface area contributed by atoms with Gasteiger partial charge in [-0.05, 0) is 38.1 Å². The van der Waals surface area contributed by atoms with Gasteiger partial charge < -0.3 is 14.6 Å². The molecule has 1 atom stereocenters. The van der Waals surface area contributed by atoms with Crippen molar-refractivity contribution in [1.29, 1.82) is 0 Å². The molecule has 0 aromatic carbocycles. The standard InChI is InChI=1S/C15H25N3O/c1-15(5-6-16-11-15)14-9-17-12-18(14)7-2-8-19-10-13-3-4-13/h9,12-13,16H,2-8,10-11H2,1H3. The summed E-state index contributed by atoms with van der Waals surface area (Å²) in [5.41, 5.74) is 1.63. The quantitative estimate of drug-likeness (QED) is 0.764. The van der Waals surface area contributed by atoms with Crippen LogP contribution in [0.4, 0.5) is 0 Å². The minimum atomic E-state index is 0.255. The van der Waals surface area contributed by atoms with Crippen molar-refractivity contribution in [1.82, 2.24) is 14.9 Å². The smallest absolute Gasteiger partial charge is 0.0948 e. The van der Waals surface area contributed by atoms with Gasteiger partial charge in [0.1, 0.15) is 0 Å². The molecule has 4 nitrogen and oxygen atoms in total. The highest BCUT2D eigenvalue weighted by Gasteiger charge is 2.33. The summed E-state index contributed by atoms with van der Waals surface area (Å²) in [6, 6.07) is 0. The highest BCUT2D eigenvalue weighted by molar-refractivity contribution is 5.17. The van der Waals surface area contributed by atoms with E-state index in [4.69, 9.17) is 4.74 Å². The zero-order chi connectivity index (χ0) is 13.1. The van der Waals surface area contributed by atoms with Crippen molar-refractivity contribution in [3.05, 3.63) is 18.2 Å². The van der Waals surface area contributed by atoms with Crippen LogP contribution in [0.2, 0.25) is 0 Å². The Bertz CT molecular complexity index is 405. The number of nitrogens with zero attached hydrogens (tertiary/aromatic N) is 2. The van der Waals surface area contributed by atoms with Gasteiger partial charge in [-0.15, -0.1) is 0 Å². The summed E-state index contributed by atoms with van der Waals surface area (Å²) in [4.78, 5) is 4.34. The molecule has 2 fully saturated rings. The van der Waals surface area contributed by atoms with E-state index in [0.29, 0.717) is 0 Å². The molecule has 1 saturated carbocycles. The normalized spacial score (nSPS) is 27.0. The molecule has 1 aliphatic heterocycles. The van der Waals surface area contributed by atoms with Crippen molar-refractivity contribution in [3.63, 3.8) is 0 Å². The lowest BCUT2D eigenvalue weighted by Crippen LogP contribution is -2.28. The number of imidazole rings is 1. The van der Waals surface area contributed by atoms with E-state index in [0.717, 1.165) is 45.2 Å². The SMILES string of the molecule is CC1(c2cncn2CCCOCC2CC2)CCNC1. The average molecular weight is 263 g/mol. The molecule has 1 N–H and O–H groups in total. The summed E-state index contributed by atoms with van der Waals surface area (Å²) in [6.45, 7) is 7.39. The van der Waals surface area contributed by atoms with E-state index < -0.39 is 0 Å². The average Bonchev–Trinajstić information content (AvgIpc) is 2.91. The van der Waals surface area contributed by atoms with Crippen LogP contribution in [-0.4, -0.2) is 35.9 Å². The lowest BCUT2D eigenvalue weighted by atomic mass is 9.86. The number of aromatic nitrogens is 2.